The van der Waals surface area contributed by atoms with Gasteiger partial charge >= 0.3 is 343 Å². The van der Waals surface area contributed by atoms with Gasteiger partial charge in [-0.05, 0) is 0 Å². The molecule has 1 aliphatic rings. The average molecular weight is 942 g/mol. The van der Waals surface area contributed by atoms with Crippen LogP contribution in [0.1, 0.15) is 110 Å². The standard InChI is InChI=1S/C50H68Ge2O8/c1-7-51(8-2,9-3)23-19-45(53)59-25-21-35-27-41-31-37-15-13-17-39(47(37)55)33-43-29-36(22-26-60-46(54)20-24-52(10-4,11-5)12-6)30-44(50(43)58)34-40-18-14-16-38(48(40)56)32-42(28-35)49(41)57/h13-18,27-30,55-58H,7-12,19-26,31-34H2,1-6H3. The van der Waals surface area contributed by atoms with Crippen molar-refractivity contribution in [3.63, 3.8) is 0 Å². The van der Waals surface area contributed by atoms with Gasteiger partial charge in [0.05, 0.1) is 0 Å². The van der Waals surface area contributed by atoms with Crippen molar-refractivity contribution in [1.82, 2.24) is 0 Å². The Morgan fingerprint density at radius 2 is 0.733 bits per heavy atom. The van der Waals surface area contributed by atoms with Crippen LogP contribution in [0.2, 0.25) is 42.0 Å². The number of hydrogen-bond donors (Lipinski definition) is 4. The summed E-state index contributed by atoms with van der Waals surface area (Å²) >= 11 is -3.99. The number of para-hydroxylation sites is 2. The molecule has 4 aromatic carbocycles. The van der Waals surface area contributed by atoms with Crippen molar-refractivity contribution < 1.29 is 39.5 Å². The Bertz CT molecular complexity index is 1850. The molecule has 0 saturated heterocycles. The normalized spacial score (nSPS) is 12.9. The molecule has 0 atom stereocenters. The molecule has 4 N–H and O–H groups in total. The molecule has 4 aromatic rings. The van der Waals surface area contributed by atoms with Gasteiger partial charge in [-0.2, -0.15) is 0 Å². The molecular weight excluding hydrogens is 874 g/mol. The molecular formula is C50H68Ge2O8. The summed E-state index contributed by atoms with van der Waals surface area (Å²) in [5.41, 5.74) is 6.72. The third kappa shape index (κ3) is 11.7. The Morgan fingerprint density at radius 3 is 1.00 bits per heavy atom. The second-order valence-corrected chi connectivity index (χ2v) is 40.7. The quantitative estimate of drug-likeness (QED) is 0.0504. The second kappa shape index (κ2) is 21.8. The van der Waals surface area contributed by atoms with Crippen LogP contribution in [0.5, 0.6) is 23.0 Å². The minimum atomic E-state index is -1.99. The summed E-state index contributed by atoms with van der Waals surface area (Å²) in [5, 5.41) is 56.1. The molecule has 1 aliphatic carbocycles. The van der Waals surface area contributed by atoms with Gasteiger partial charge in [0.1, 0.15) is 0 Å². The van der Waals surface area contributed by atoms with Crippen LogP contribution >= 0.6 is 0 Å². The zero-order chi connectivity index (χ0) is 43.5. The van der Waals surface area contributed by atoms with Gasteiger partial charge in [-0.15, -0.1) is 0 Å². The summed E-state index contributed by atoms with van der Waals surface area (Å²) in [6.45, 7) is 14.0. The van der Waals surface area contributed by atoms with E-state index in [2.05, 4.69) is 41.5 Å². The molecule has 8 nitrogen and oxygen atoms in total. The van der Waals surface area contributed by atoms with E-state index in [9.17, 15) is 30.0 Å². The molecule has 0 heterocycles. The molecule has 8 bridgehead atoms. The molecule has 0 saturated carbocycles. The van der Waals surface area contributed by atoms with Crippen LogP contribution < -0.4 is 0 Å². The van der Waals surface area contributed by atoms with Crippen molar-refractivity contribution in [2.45, 2.75) is 135 Å². The summed E-state index contributed by atoms with van der Waals surface area (Å²) in [5.74, 6) is 0.0430. The van der Waals surface area contributed by atoms with E-state index in [0.717, 1.165) is 21.6 Å². The zero-order valence-electron chi connectivity index (χ0n) is 36.9. The van der Waals surface area contributed by atoms with Crippen molar-refractivity contribution in [2.24, 2.45) is 0 Å². The van der Waals surface area contributed by atoms with Crippen LogP contribution in [0, 0.1) is 0 Å². The maximum absolute atomic E-state index is 12.9. The van der Waals surface area contributed by atoms with Crippen LogP contribution in [0.25, 0.3) is 0 Å². The first-order valence-corrected chi connectivity index (χ1v) is 34.3. The first kappa shape index (κ1) is 47.2. The number of phenols is 4. The topological polar surface area (TPSA) is 134 Å². The number of carbonyl (C=O) groups excluding carboxylic acids is 2. The van der Waals surface area contributed by atoms with E-state index in [1.807, 2.05) is 60.7 Å². The van der Waals surface area contributed by atoms with Crippen molar-refractivity contribution >= 4 is 38.5 Å². The Morgan fingerprint density at radius 1 is 0.467 bits per heavy atom. The van der Waals surface area contributed by atoms with Crippen molar-refractivity contribution in [3.8, 4) is 23.0 Å². The number of benzene rings is 4. The monoisotopic (exact) mass is 944 g/mol. The fourth-order valence-electron chi connectivity index (χ4n) is 9.18. The summed E-state index contributed by atoms with van der Waals surface area (Å²) in [6, 6.07) is 18.7. The minimum absolute atomic E-state index is 0.0900. The molecule has 0 unspecified atom stereocenters. The average Bonchev–Trinajstić information content (AvgIpc) is 3.25. The van der Waals surface area contributed by atoms with Gasteiger partial charge in [-0.3, -0.25) is 0 Å². The second-order valence-electron chi connectivity index (χ2n) is 17.1. The molecule has 324 valence electrons. The van der Waals surface area contributed by atoms with Gasteiger partial charge in [0.2, 0.25) is 0 Å². The number of ether oxygens (including phenoxy) is 2. The predicted octanol–water partition coefficient (Wildman–Crippen LogP) is 11.2. The fourth-order valence-corrected chi connectivity index (χ4v) is 23.0. The number of esters is 2. The van der Waals surface area contributed by atoms with Gasteiger partial charge in [0.25, 0.3) is 0 Å². The number of phenolic OH excluding ortho intramolecular Hbond substituents is 4. The van der Waals surface area contributed by atoms with E-state index in [4.69, 9.17) is 9.47 Å². The number of fused-ring (bicyclic) bond motifs is 8. The van der Waals surface area contributed by atoms with E-state index < -0.39 is 26.5 Å². The number of carbonyl (C=O) groups is 2. The molecule has 0 aromatic heterocycles. The van der Waals surface area contributed by atoms with Crippen LogP contribution in [0.4, 0.5) is 0 Å². The molecule has 0 amide bonds. The van der Waals surface area contributed by atoms with Crippen LogP contribution in [-0.2, 0) is 57.6 Å². The Kier molecular flexibility index (Phi) is 17.1. The molecule has 60 heavy (non-hydrogen) atoms. The van der Waals surface area contributed by atoms with Crippen molar-refractivity contribution in [2.75, 3.05) is 13.2 Å². The molecule has 0 aliphatic heterocycles. The van der Waals surface area contributed by atoms with E-state index >= 15 is 0 Å². The number of rotatable bonds is 18. The third-order valence-corrected chi connectivity index (χ3v) is 38.5. The Balaban J connectivity index is 1.42. The molecule has 10 heteroatoms. The van der Waals surface area contributed by atoms with Gasteiger partial charge in [0.15, 0.2) is 0 Å². The summed E-state index contributed by atoms with van der Waals surface area (Å²) in [6.07, 6.45) is 2.79. The van der Waals surface area contributed by atoms with Crippen LogP contribution in [0.3, 0.4) is 0 Å². The molecule has 0 radical (unpaired) electrons. The molecule has 5 rings (SSSR count). The van der Waals surface area contributed by atoms with E-state index in [0.29, 0.717) is 70.2 Å². The summed E-state index contributed by atoms with van der Waals surface area (Å²) < 4.78 is 11.5. The van der Waals surface area contributed by atoms with E-state index in [1.165, 1.54) is 31.5 Å². The molecule has 0 fully saturated rings. The number of aromatic hydroxyl groups is 4. The maximum atomic E-state index is 12.9. The SMILES string of the molecule is C[CH2][Ge]([CH2]C)([CH2]C)[CH2]CC(=O)OCCc1cc2c(O)c(c1)Cc1cccc(c1O)Cc1cc(CCOC(=O)C[CH2][Ge]([CH2]C)([CH2]C)[CH2]C)cc(c1O)Cc1cccc(c1O)C2. The van der Waals surface area contributed by atoms with Gasteiger partial charge in [-0.25, -0.2) is 0 Å². The number of hydrogen-bond acceptors (Lipinski definition) is 8. The fraction of sp³-hybridized carbons (Fsp3) is 0.480. The first-order valence-electron chi connectivity index (χ1n) is 22.4. The first-order chi connectivity index (χ1) is 28.8. The van der Waals surface area contributed by atoms with Gasteiger partial charge in [0, 0.05) is 0 Å². The van der Waals surface area contributed by atoms with Crippen LogP contribution in [-0.4, -0.2) is 72.1 Å². The summed E-state index contributed by atoms with van der Waals surface area (Å²) in [4.78, 5) is 25.7. The van der Waals surface area contributed by atoms with Crippen LogP contribution in [0.15, 0.2) is 60.7 Å². The van der Waals surface area contributed by atoms with Crippen molar-refractivity contribution in [3.05, 3.63) is 116 Å². The van der Waals surface area contributed by atoms with Gasteiger partial charge in [-0.1, -0.05) is 12.1 Å². The van der Waals surface area contributed by atoms with E-state index in [1.54, 1.807) is 0 Å². The van der Waals surface area contributed by atoms with Crippen molar-refractivity contribution in [1.29, 1.82) is 0 Å². The Hall–Kier alpha value is -3.89. The third-order valence-electron chi connectivity index (χ3n) is 14.1. The van der Waals surface area contributed by atoms with Gasteiger partial charge < -0.3 is 10.2 Å². The Labute approximate surface area is 363 Å². The zero-order valence-corrected chi connectivity index (χ0v) is 41.1. The summed E-state index contributed by atoms with van der Waals surface area (Å²) in [7, 11) is 0. The predicted molar refractivity (Wildman–Crippen MR) is 246 cm³/mol. The molecule has 0 spiro atoms. The van der Waals surface area contributed by atoms with E-state index in [-0.39, 0.29) is 73.8 Å².